The van der Waals surface area contributed by atoms with Crippen LogP contribution in [0.5, 0.6) is 0 Å². The van der Waals surface area contributed by atoms with E-state index in [0.717, 1.165) is 59.0 Å². The number of rotatable bonds is 4. The van der Waals surface area contributed by atoms with Crippen LogP contribution in [0.3, 0.4) is 0 Å². The second-order valence-electron chi connectivity index (χ2n) is 7.93. The number of amides is 1. The van der Waals surface area contributed by atoms with Crippen molar-refractivity contribution in [2.45, 2.75) is 32.2 Å². The van der Waals surface area contributed by atoms with Crippen LogP contribution in [0.1, 0.15) is 45.5 Å². The Morgan fingerprint density at radius 1 is 1.32 bits per heavy atom. The van der Waals surface area contributed by atoms with Gasteiger partial charge >= 0.3 is 0 Å². The Kier molecular flexibility index (Phi) is 5.21. The zero-order chi connectivity index (χ0) is 19.8. The van der Waals surface area contributed by atoms with Crippen molar-refractivity contribution in [1.29, 1.82) is 0 Å². The fourth-order valence-corrected chi connectivity index (χ4v) is 4.83. The highest BCUT2D eigenvalue weighted by atomic mass is 32.1. The Morgan fingerprint density at radius 3 is 2.93 bits per heavy atom. The van der Waals surface area contributed by atoms with Crippen molar-refractivity contribution >= 4 is 27.5 Å². The third-order valence-corrected chi connectivity index (χ3v) is 6.28. The molecular formula is C21H27N5OS. The minimum atomic E-state index is 0.113. The van der Waals surface area contributed by atoms with E-state index in [4.69, 9.17) is 5.10 Å². The van der Waals surface area contributed by atoms with Gasteiger partial charge in [-0.2, -0.15) is 5.10 Å². The number of benzene rings is 1. The summed E-state index contributed by atoms with van der Waals surface area (Å²) in [4.78, 5) is 21.7. The molecule has 3 heterocycles. The average Bonchev–Trinajstić information content (AvgIpc) is 3.21. The van der Waals surface area contributed by atoms with E-state index in [9.17, 15) is 4.79 Å². The minimum Gasteiger partial charge on any atom is -0.338 e. The maximum absolute atomic E-state index is 13.1. The van der Waals surface area contributed by atoms with Gasteiger partial charge < -0.3 is 9.80 Å². The first-order valence-corrected chi connectivity index (χ1v) is 10.6. The fourth-order valence-electron chi connectivity index (χ4n) is 3.96. The molecule has 0 aliphatic carbocycles. The molecule has 7 heteroatoms. The van der Waals surface area contributed by atoms with Crippen LogP contribution in [0.4, 0.5) is 0 Å². The summed E-state index contributed by atoms with van der Waals surface area (Å²) in [5.74, 6) is 0.413. The number of thiazole rings is 1. The van der Waals surface area contributed by atoms with E-state index >= 15 is 0 Å². The van der Waals surface area contributed by atoms with Gasteiger partial charge in [0.2, 0.25) is 0 Å². The Labute approximate surface area is 169 Å². The van der Waals surface area contributed by atoms with Crippen molar-refractivity contribution in [1.82, 2.24) is 24.6 Å². The van der Waals surface area contributed by atoms with E-state index in [1.807, 2.05) is 41.8 Å². The largest absolute Gasteiger partial charge is 0.338 e. The topological polar surface area (TPSA) is 54.3 Å². The zero-order valence-electron chi connectivity index (χ0n) is 17.0. The molecule has 1 aromatic carbocycles. The van der Waals surface area contributed by atoms with Crippen molar-refractivity contribution in [3.05, 3.63) is 46.2 Å². The van der Waals surface area contributed by atoms with Crippen molar-refractivity contribution in [2.24, 2.45) is 7.05 Å². The minimum absolute atomic E-state index is 0.113. The number of aromatic nitrogens is 3. The molecule has 1 saturated heterocycles. The van der Waals surface area contributed by atoms with Gasteiger partial charge in [0.15, 0.2) is 0 Å². The lowest BCUT2D eigenvalue weighted by Gasteiger charge is -2.32. The number of likely N-dealkylation sites (tertiary alicyclic amines) is 1. The van der Waals surface area contributed by atoms with Crippen molar-refractivity contribution < 1.29 is 4.79 Å². The van der Waals surface area contributed by atoms with E-state index in [-0.39, 0.29) is 5.91 Å². The molecule has 0 radical (unpaired) electrons. The highest BCUT2D eigenvalue weighted by Crippen LogP contribution is 2.29. The molecule has 28 heavy (non-hydrogen) atoms. The third kappa shape index (κ3) is 3.82. The molecule has 0 unspecified atom stereocenters. The number of nitrogens with zero attached hydrogens (tertiary/aromatic N) is 5. The Balaban J connectivity index is 1.52. The smallest absolute Gasteiger partial charge is 0.253 e. The Hall–Kier alpha value is -2.25. The molecule has 1 amide bonds. The number of carbonyl (C=O) groups excluding carboxylic acids is 1. The summed E-state index contributed by atoms with van der Waals surface area (Å²) < 4.78 is 3.05. The average molecular weight is 398 g/mol. The summed E-state index contributed by atoms with van der Waals surface area (Å²) >= 11 is 1.64. The van der Waals surface area contributed by atoms with Gasteiger partial charge in [0.25, 0.3) is 5.91 Å². The molecular weight excluding hydrogens is 370 g/mol. The van der Waals surface area contributed by atoms with Crippen LogP contribution in [-0.2, 0) is 13.6 Å². The van der Waals surface area contributed by atoms with Gasteiger partial charge in [-0.25, -0.2) is 4.98 Å². The van der Waals surface area contributed by atoms with Gasteiger partial charge in [0, 0.05) is 38.2 Å². The summed E-state index contributed by atoms with van der Waals surface area (Å²) in [6, 6.07) is 8.05. The van der Waals surface area contributed by atoms with Crippen LogP contribution < -0.4 is 0 Å². The number of aryl methyl sites for hydroxylation is 2. The maximum Gasteiger partial charge on any atom is 0.253 e. The lowest BCUT2D eigenvalue weighted by Crippen LogP contribution is -2.39. The highest BCUT2D eigenvalue weighted by molar-refractivity contribution is 7.18. The molecule has 0 saturated carbocycles. The van der Waals surface area contributed by atoms with Crippen molar-refractivity contribution in [3.63, 3.8) is 0 Å². The van der Waals surface area contributed by atoms with E-state index in [0.29, 0.717) is 5.92 Å². The fraction of sp³-hybridized carbons (Fsp3) is 0.476. The normalized spacial score (nSPS) is 17.6. The summed E-state index contributed by atoms with van der Waals surface area (Å²) in [5.41, 5.74) is 4.03. The number of hydrogen-bond acceptors (Lipinski definition) is 5. The number of fused-ring (bicyclic) bond motifs is 1. The standard InChI is InChI=1S/C21H27N5OS/c1-14-22-18-8-7-15(10-20(18)28-14)21(27)26-9-5-6-16(12-26)19-11-17(13-24(2)3)25(4)23-19/h7-8,10-11,16H,5-6,9,12-13H2,1-4H3/t16-/m1/s1. The van der Waals surface area contributed by atoms with Gasteiger partial charge in [-0.05, 0) is 58.1 Å². The first-order chi connectivity index (χ1) is 13.4. The summed E-state index contributed by atoms with van der Waals surface area (Å²) in [6.07, 6.45) is 2.09. The zero-order valence-corrected chi connectivity index (χ0v) is 17.8. The number of piperidine rings is 1. The summed E-state index contributed by atoms with van der Waals surface area (Å²) in [7, 11) is 6.13. The highest BCUT2D eigenvalue weighted by Gasteiger charge is 2.27. The van der Waals surface area contributed by atoms with Gasteiger partial charge in [-0.15, -0.1) is 11.3 Å². The Bertz CT molecular complexity index is 1010. The molecule has 0 N–H and O–H groups in total. The van der Waals surface area contributed by atoms with Crippen molar-refractivity contribution in [3.8, 4) is 0 Å². The van der Waals surface area contributed by atoms with Crippen LogP contribution in [0.15, 0.2) is 24.3 Å². The van der Waals surface area contributed by atoms with Gasteiger partial charge in [0.1, 0.15) is 0 Å². The first kappa shape index (κ1) is 19.1. The SMILES string of the molecule is Cc1nc2ccc(C(=O)N3CCC[C@@H](c4cc(CN(C)C)n(C)n4)C3)cc2s1. The van der Waals surface area contributed by atoms with Crippen molar-refractivity contribution in [2.75, 3.05) is 27.2 Å². The van der Waals surface area contributed by atoms with E-state index in [2.05, 4.69) is 30.0 Å². The van der Waals surface area contributed by atoms with E-state index in [1.54, 1.807) is 11.3 Å². The molecule has 6 nitrogen and oxygen atoms in total. The lowest BCUT2D eigenvalue weighted by atomic mass is 9.94. The predicted molar refractivity (Wildman–Crippen MR) is 113 cm³/mol. The molecule has 0 bridgehead atoms. The first-order valence-electron chi connectivity index (χ1n) is 9.74. The quantitative estimate of drug-likeness (QED) is 0.677. The molecule has 1 aliphatic heterocycles. The summed E-state index contributed by atoms with van der Waals surface area (Å²) in [6.45, 7) is 4.41. The molecule has 0 spiro atoms. The number of carbonyl (C=O) groups is 1. The van der Waals surface area contributed by atoms with Crippen LogP contribution in [0.25, 0.3) is 10.2 Å². The number of hydrogen-bond donors (Lipinski definition) is 0. The predicted octanol–water partition coefficient (Wildman–Crippen LogP) is 3.42. The van der Waals surface area contributed by atoms with E-state index < -0.39 is 0 Å². The Morgan fingerprint density at radius 2 is 2.14 bits per heavy atom. The molecule has 2 aromatic heterocycles. The second-order valence-corrected chi connectivity index (χ2v) is 9.16. The molecule has 3 aromatic rings. The molecule has 1 atom stereocenters. The summed E-state index contributed by atoms with van der Waals surface area (Å²) in [5, 5.41) is 5.77. The maximum atomic E-state index is 13.1. The van der Waals surface area contributed by atoms with Gasteiger partial charge in [0.05, 0.1) is 26.6 Å². The van der Waals surface area contributed by atoms with E-state index in [1.165, 1.54) is 5.69 Å². The van der Waals surface area contributed by atoms with Gasteiger partial charge in [-0.1, -0.05) is 0 Å². The second kappa shape index (κ2) is 7.64. The monoisotopic (exact) mass is 397 g/mol. The molecule has 1 fully saturated rings. The van der Waals surface area contributed by atoms with Crippen LogP contribution in [-0.4, -0.2) is 57.7 Å². The molecule has 1 aliphatic rings. The van der Waals surface area contributed by atoms with Crippen LogP contribution in [0, 0.1) is 6.92 Å². The molecule has 4 rings (SSSR count). The van der Waals surface area contributed by atoms with Gasteiger partial charge in [-0.3, -0.25) is 9.48 Å². The van der Waals surface area contributed by atoms with Crippen LogP contribution in [0.2, 0.25) is 0 Å². The van der Waals surface area contributed by atoms with Crippen LogP contribution >= 0.6 is 11.3 Å². The molecule has 148 valence electrons. The lowest BCUT2D eigenvalue weighted by molar-refractivity contribution is 0.0706. The third-order valence-electron chi connectivity index (χ3n) is 5.34.